The van der Waals surface area contributed by atoms with E-state index in [1.807, 2.05) is 54.6 Å². The number of nitrogens with zero attached hydrogens (tertiary/aromatic N) is 2. The standard InChI is InChI=1S/C30H36N8O3/c31-29-33-17-19(34-29)10-12-23(25(39)26-35-21-8-4-5-9-22(21)36-26)37-27(40)24-13-11-20-14-15-30(32,28(41)38(20)24)16-18-6-2-1-3-7-18/h1-9,17,20,23-24,29,33-34H,10-16,31-32H2,(H,35,36)(H,37,40)/t20?,23-,24-,29?,30+/m0/s1. The maximum absolute atomic E-state index is 13.8. The van der Waals surface area contributed by atoms with Crippen molar-refractivity contribution in [3.8, 4) is 0 Å². The highest BCUT2D eigenvalue weighted by Crippen LogP contribution is 2.37. The Bertz CT molecular complexity index is 1450. The van der Waals surface area contributed by atoms with E-state index >= 15 is 0 Å². The lowest BCUT2D eigenvalue weighted by molar-refractivity contribution is -0.148. The predicted molar refractivity (Wildman–Crippen MR) is 154 cm³/mol. The molecule has 0 radical (unpaired) electrons. The van der Waals surface area contributed by atoms with Crippen LogP contribution in [0, 0.1) is 0 Å². The first-order chi connectivity index (χ1) is 19.8. The van der Waals surface area contributed by atoms with Gasteiger partial charge in [0, 0.05) is 17.9 Å². The molecule has 6 rings (SSSR count). The summed E-state index contributed by atoms with van der Waals surface area (Å²) in [6.07, 6.45) is 5.18. The molecular formula is C30H36N8O3. The fourth-order valence-electron chi connectivity index (χ4n) is 6.33. The van der Waals surface area contributed by atoms with Crippen LogP contribution < -0.4 is 27.4 Å². The van der Waals surface area contributed by atoms with Crippen molar-refractivity contribution in [2.24, 2.45) is 11.5 Å². The lowest BCUT2D eigenvalue weighted by Gasteiger charge is -2.43. The van der Waals surface area contributed by atoms with Crippen molar-refractivity contribution in [3.63, 3.8) is 0 Å². The number of carbonyl (C=O) groups is 3. The molecule has 4 heterocycles. The van der Waals surface area contributed by atoms with Crippen molar-refractivity contribution in [2.45, 2.75) is 74.9 Å². The second-order valence-electron chi connectivity index (χ2n) is 11.3. The number of piperidine rings is 1. The number of aromatic nitrogens is 2. The maximum atomic E-state index is 13.8. The average molecular weight is 557 g/mol. The number of benzene rings is 2. The molecule has 2 unspecified atom stereocenters. The molecule has 2 saturated heterocycles. The molecule has 2 aromatic carbocycles. The van der Waals surface area contributed by atoms with Gasteiger partial charge >= 0.3 is 0 Å². The van der Waals surface area contributed by atoms with Crippen LogP contribution in [0.4, 0.5) is 0 Å². The number of H-pyrrole nitrogens is 1. The van der Waals surface area contributed by atoms with Gasteiger partial charge < -0.3 is 31.6 Å². The first-order valence-corrected chi connectivity index (χ1v) is 14.2. The third kappa shape index (κ3) is 5.42. The van der Waals surface area contributed by atoms with Gasteiger partial charge in [-0.05, 0) is 62.6 Å². The zero-order valence-electron chi connectivity index (χ0n) is 22.8. The molecule has 3 aliphatic heterocycles. The normalized spacial score (nSPS) is 26.2. The van der Waals surface area contributed by atoms with Gasteiger partial charge in [0.15, 0.2) is 5.82 Å². The third-order valence-electron chi connectivity index (χ3n) is 8.49. The molecule has 11 heteroatoms. The second kappa shape index (κ2) is 11.0. The van der Waals surface area contributed by atoms with Crippen molar-refractivity contribution in [2.75, 3.05) is 0 Å². The van der Waals surface area contributed by atoms with Gasteiger partial charge in [0.2, 0.25) is 17.6 Å². The number of aromatic amines is 1. The van der Waals surface area contributed by atoms with E-state index in [0.29, 0.717) is 37.6 Å². The molecule has 214 valence electrons. The summed E-state index contributed by atoms with van der Waals surface area (Å²) in [6.45, 7) is 0. The van der Waals surface area contributed by atoms with E-state index < -0.39 is 23.9 Å². The zero-order chi connectivity index (χ0) is 28.6. The minimum absolute atomic E-state index is 0.0318. The molecule has 41 heavy (non-hydrogen) atoms. The van der Waals surface area contributed by atoms with Crippen LogP contribution in [-0.2, 0) is 16.0 Å². The smallest absolute Gasteiger partial charge is 0.243 e. The highest BCUT2D eigenvalue weighted by Gasteiger charge is 2.51. The summed E-state index contributed by atoms with van der Waals surface area (Å²) in [5.74, 6) is -0.678. The Morgan fingerprint density at radius 1 is 1.10 bits per heavy atom. The molecule has 11 nitrogen and oxygen atoms in total. The minimum atomic E-state index is -1.07. The Kier molecular flexibility index (Phi) is 7.22. The number of ketones is 1. The Balaban J connectivity index is 1.20. The van der Waals surface area contributed by atoms with Crippen LogP contribution >= 0.6 is 0 Å². The van der Waals surface area contributed by atoms with Crippen LogP contribution in [0.5, 0.6) is 0 Å². The van der Waals surface area contributed by atoms with Crippen LogP contribution in [0.2, 0.25) is 0 Å². The number of nitrogens with one attached hydrogen (secondary N) is 4. The molecule has 3 aliphatic rings. The van der Waals surface area contributed by atoms with E-state index in [-0.39, 0.29) is 29.5 Å². The van der Waals surface area contributed by atoms with Crippen molar-refractivity contribution in [3.05, 3.63) is 77.9 Å². The molecule has 2 amide bonds. The molecule has 5 atom stereocenters. The fraction of sp³-hybridized carbons (Fsp3) is 0.400. The van der Waals surface area contributed by atoms with Crippen molar-refractivity contribution in [1.82, 2.24) is 30.8 Å². The first kappa shape index (κ1) is 27.0. The van der Waals surface area contributed by atoms with Gasteiger partial charge in [-0.2, -0.15) is 0 Å². The molecule has 1 aromatic heterocycles. The SMILES string of the molecule is NC1NC=C(CC[C@H](NC(=O)[C@@H]2CCC3CC[C@@](N)(Cc4ccccc4)C(=O)N32)C(=O)c2nc3ccccc3[nH]2)N1. The van der Waals surface area contributed by atoms with Crippen molar-refractivity contribution >= 4 is 28.6 Å². The Hall–Kier alpha value is -4.22. The number of para-hydroxylation sites is 2. The lowest BCUT2D eigenvalue weighted by atomic mass is 9.81. The Morgan fingerprint density at radius 2 is 1.88 bits per heavy atom. The van der Waals surface area contributed by atoms with Gasteiger partial charge in [-0.3, -0.25) is 20.1 Å². The summed E-state index contributed by atoms with van der Waals surface area (Å²) in [6, 6.07) is 15.5. The topological polar surface area (TPSA) is 171 Å². The number of fused-ring (bicyclic) bond motifs is 2. The molecule has 3 aromatic rings. The second-order valence-corrected chi connectivity index (χ2v) is 11.3. The largest absolute Gasteiger partial charge is 0.358 e. The van der Waals surface area contributed by atoms with Gasteiger partial charge in [-0.25, -0.2) is 4.98 Å². The quantitative estimate of drug-likeness (QED) is 0.215. The maximum Gasteiger partial charge on any atom is 0.243 e. The summed E-state index contributed by atoms with van der Waals surface area (Å²) in [7, 11) is 0. The highest BCUT2D eigenvalue weighted by atomic mass is 16.2. The number of rotatable bonds is 9. The summed E-state index contributed by atoms with van der Waals surface area (Å²) in [5, 5.41) is 9.06. The number of hydrogen-bond donors (Lipinski definition) is 6. The average Bonchev–Trinajstić information content (AvgIpc) is 3.71. The molecule has 0 bridgehead atoms. The number of carbonyl (C=O) groups excluding carboxylic acids is 3. The lowest BCUT2D eigenvalue weighted by Crippen LogP contribution is -2.65. The molecule has 8 N–H and O–H groups in total. The molecule has 0 spiro atoms. The van der Waals surface area contributed by atoms with Crippen LogP contribution in [0.3, 0.4) is 0 Å². The van der Waals surface area contributed by atoms with Gasteiger partial charge in [-0.15, -0.1) is 0 Å². The van der Waals surface area contributed by atoms with Gasteiger partial charge in [0.1, 0.15) is 12.3 Å². The summed E-state index contributed by atoms with van der Waals surface area (Å²) in [5.41, 5.74) is 14.8. The number of amides is 2. The highest BCUT2D eigenvalue weighted by molar-refractivity contribution is 6.02. The fourth-order valence-corrected chi connectivity index (χ4v) is 6.33. The third-order valence-corrected chi connectivity index (χ3v) is 8.49. The number of hydrogen-bond acceptors (Lipinski definition) is 8. The van der Waals surface area contributed by atoms with Gasteiger partial charge in [-0.1, -0.05) is 42.5 Å². The summed E-state index contributed by atoms with van der Waals surface area (Å²) >= 11 is 0. The molecule has 0 aliphatic carbocycles. The summed E-state index contributed by atoms with van der Waals surface area (Å²) in [4.78, 5) is 50.6. The van der Waals surface area contributed by atoms with Crippen molar-refractivity contribution in [1.29, 1.82) is 0 Å². The number of nitrogens with two attached hydrogens (primary N) is 2. The van der Waals surface area contributed by atoms with E-state index in [4.69, 9.17) is 11.5 Å². The van der Waals surface area contributed by atoms with E-state index in [1.54, 1.807) is 11.1 Å². The molecular weight excluding hydrogens is 520 g/mol. The molecule has 2 fully saturated rings. The van der Waals surface area contributed by atoms with Gasteiger partial charge in [0.25, 0.3) is 0 Å². The number of imidazole rings is 1. The Labute approximate surface area is 238 Å². The number of Topliss-reactive ketones (excluding diaryl/α,β-unsaturated/α-hetero) is 1. The zero-order valence-corrected chi connectivity index (χ0v) is 22.8. The van der Waals surface area contributed by atoms with Crippen molar-refractivity contribution < 1.29 is 14.4 Å². The summed E-state index contributed by atoms with van der Waals surface area (Å²) < 4.78 is 0. The van der Waals surface area contributed by atoms with Gasteiger partial charge in [0.05, 0.1) is 22.6 Å². The predicted octanol–water partition coefficient (Wildman–Crippen LogP) is 1.38. The van der Waals surface area contributed by atoms with Crippen LogP contribution in [-0.4, -0.2) is 62.4 Å². The number of allylic oxidation sites excluding steroid dienone is 1. The van der Waals surface area contributed by atoms with E-state index in [1.165, 1.54) is 0 Å². The first-order valence-electron chi connectivity index (χ1n) is 14.2. The van der Waals surface area contributed by atoms with E-state index in [9.17, 15) is 14.4 Å². The van der Waals surface area contributed by atoms with E-state index in [0.717, 1.165) is 29.6 Å². The molecule has 0 saturated carbocycles. The van der Waals surface area contributed by atoms with Crippen LogP contribution in [0.25, 0.3) is 11.0 Å². The minimum Gasteiger partial charge on any atom is -0.358 e. The Morgan fingerprint density at radius 3 is 2.63 bits per heavy atom. The van der Waals surface area contributed by atoms with E-state index in [2.05, 4.69) is 25.9 Å². The monoisotopic (exact) mass is 556 g/mol. The van der Waals surface area contributed by atoms with Crippen LogP contribution in [0.1, 0.15) is 54.7 Å². The van der Waals surface area contributed by atoms with Crippen LogP contribution in [0.15, 0.2) is 66.5 Å².